The number of aromatic carboxylic acids is 1. The number of amides is 1. The van der Waals surface area contributed by atoms with Gasteiger partial charge in [-0.2, -0.15) is 4.31 Å². The van der Waals surface area contributed by atoms with Crippen molar-refractivity contribution in [1.82, 2.24) is 9.21 Å². The van der Waals surface area contributed by atoms with Gasteiger partial charge in [0.1, 0.15) is 6.04 Å². The summed E-state index contributed by atoms with van der Waals surface area (Å²) in [6.45, 7) is 3.64. The molecular weight excluding hydrogens is 348 g/mol. The highest BCUT2D eigenvalue weighted by Gasteiger charge is 2.43. The smallest absolute Gasteiger partial charge is 0.371 e. The average Bonchev–Trinajstić information content (AvgIpc) is 3.33. The van der Waals surface area contributed by atoms with E-state index in [0.29, 0.717) is 31.8 Å². The van der Waals surface area contributed by atoms with Crippen LogP contribution in [0.5, 0.6) is 0 Å². The van der Waals surface area contributed by atoms with E-state index in [1.54, 1.807) is 4.90 Å². The summed E-state index contributed by atoms with van der Waals surface area (Å²) in [6, 6.07) is 1.50. The Morgan fingerprint density at radius 1 is 1.28 bits per heavy atom. The monoisotopic (exact) mass is 370 g/mol. The second-order valence-electron chi connectivity index (χ2n) is 6.54. The number of likely N-dealkylation sites (tertiary alicyclic amines) is 1. The zero-order valence-corrected chi connectivity index (χ0v) is 14.9. The highest BCUT2D eigenvalue weighted by atomic mass is 32.2. The van der Waals surface area contributed by atoms with Crippen molar-refractivity contribution in [3.05, 3.63) is 17.9 Å². The molecule has 2 fully saturated rings. The summed E-state index contributed by atoms with van der Waals surface area (Å²) in [6.07, 6.45) is 3.01. The first-order valence-electron chi connectivity index (χ1n) is 8.48. The molecule has 9 heteroatoms. The van der Waals surface area contributed by atoms with Crippen molar-refractivity contribution < 1.29 is 27.5 Å². The molecule has 0 bridgehead atoms. The summed E-state index contributed by atoms with van der Waals surface area (Å²) >= 11 is 0. The minimum absolute atomic E-state index is 0.165. The number of furan rings is 1. The van der Waals surface area contributed by atoms with Gasteiger partial charge in [-0.1, -0.05) is 13.3 Å². The fraction of sp³-hybridized carbons (Fsp3) is 0.625. The molecule has 0 spiro atoms. The maximum atomic E-state index is 12.8. The van der Waals surface area contributed by atoms with Crippen molar-refractivity contribution in [2.24, 2.45) is 5.92 Å². The number of sulfonamides is 1. The molecule has 8 nitrogen and oxygen atoms in total. The zero-order valence-electron chi connectivity index (χ0n) is 14.1. The van der Waals surface area contributed by atoms with Crippen molar-refractivity contribution in [2.45, 2.75) is 43.7 Å². The quantitative estimate of drug-likeness (QED) is 0.839. The standard InChI is InChI=1S/C16H22N2O6S/c1-2-11-7-9-17(10-11)15(19)12-4-3-8-18(12)25(22,23)14-6-5-13(24-14)16(20)21/h5-6,11-12H,2-4,7-10H2,1H3,(H,20,21). The number of carboxylic acids is 1. The molecule has 0 aliphatic carbocycles. The minimum atomic E-state index is -4.04. The van der Waals surface area contributed by atoms with Gasteiger partial charge in [-0.05, 0) is 37.3 Å². The topological polar surface area (TPSA) is 108 Å². The molecule has 138 valence electrons. The van der Waals surface area contributed by atoms with Crippen LogP contribution in [-0.4, -0.2) is 60.3 Å². The summed E-state index contributed by atoms with van der Waals surface area (Å²) in [5.41, 5.74) is 0. The number of hydrogen-bond donors (Lipinski definition) is 1. The van der Waals surface area contributed by atoms with Gasteiger partial charge in [-0.3, -0.25) is 4.79 Å². The summed E-state index contributed by atoms with van der Waals surface area (Å²) in [4.78, 5) is 25.5. The minimum Gasteiger partial charge on any atom is -0.475 e. The second-order valence-corrected chi connectivity index (χ2v) is 8.37. The number of carboxylic acid groups (broad SMARTS) is 1. The van der Waals surface area contributed by atoms with Crippen LogP contribution < -0.4 is 0 Å². The van der Waals surface area contributed by atoms with Crippen LogP contribution in [-0.2, 0) is 14.8 Å². The molecule has 2 saturated heterocycles. The van der Waals surface area contributed by atoms with Gasteiger partial charge in [0.15, 0.2) is 0 Å². The molecule has 1 aromatic heterocycles. The van der Waals surface area contributed by atoms with Crippen LogP contribution in [0.25, 0.3) is 0 Å². The Morgan fingerprint density at radius 3 is 2.64 bits per heavy atom. The Bertz CT molecular complexity index is 771. The molecule has 3 heterocycles. The lowest BCUT2D eigenvalue weighted by Crippen LogP contribution is -2.47. The first-order chi connectivity index (χ1) is 11.8. The Morgan fingerprint density at radius 2 is 2.04 bits per heavy atom. The summed E-state index contributed by atoms with van der Waals surface area (Å²) in [5, 5.41) is 8.47. The van der Waals surface area contributed by atoms with Crippen molar-refractivity contribution in [3.8, 4) is 0 Å². The van der Waals surface area contributed by atoms with E-state index in [9.17, 15) is 18.0 Å². The van der Waals surface area contributed by atoms with Crippen LogP contribution in [0.4, 0.5) is 0 Å². The molecule has 1 amide bonds. The average molecular weight is 370 g/mol. The van der Waals surface area contributed by atoms with Gasteiger partial charge in [0.25, 0.3) is 10.0 Å². The molecule has 2 unspecified atom stereocenters. The number of rotatable bonds is 5. The van der Waals surface area contributed by atoms with E-state index in [1.165, 1.54) is 0 Å². The summed E-state index contributed by atoms with van der Waals surface area (Å²) in [7, 11) is -4.04. The van der Waals surface area contributed by atoms with Gasteiger partial charge in [-0.15, -0.1) is 0 Å². The van der Waals surface area contributed by atoms with Crippen molar-refractivity contribution >= 4 is 21.9 Å². The van der Waals surface area contributed by atoms with Crippen molar-refractivity contribution in [2.75, 3.05) is 19.6 Å². The van der Waals surface area contributed by atoms with Gasteiger partial charge >= 0.3 is 5.97 Å². The van der Waals surface area contributed by atoms with E-state index < -0.39 is 32.9 Å². The van der Waals surface area contributed by atoms with Crippen LogP contribution in [0.2, 0.25) is 0 Å². The molecule has 0 radical (unpaired) electrons. The molecule has 3 rings (SSSR count). The molecule has 0 aromatic carbocycles. The molecular formula is C16H22N2O6S. The summed E-state index contributed by atoms with van der Waals surface area (Å²) < 4.78 is 31.7. The first kappa shape index (κ1) is 17.9. The molecule has 2 aliphatic heterocycles. The van der Waals surface area contributed by atoms with Crippen molar-refractivity contribution in [1.29, 1.82) is 0 Å². The SMILES string of the molecule is CCC1CCN(C(=O)C2CCCN2S(=O)(=O)c2ccc(C(=O)O)o2)C1. The van der Waals surface area contributed by atoms with Gasteiger partial charge in [0, 0.05) is 19.6 Å². The highest BCUT2D eigenvalue weighted by Crippen LogP contribution is 2.30. The Hall–Kier alpha value is -1.87. The Kier molecular flexibility index (Phi) is 4.88. The third-order valence-electron chi connectivity index (χ3n) is 5.02. The van der Waals surface area contributed by atoms with E-state index in [-0.39, 0.29) is 12.5 Å². The van der Waals surface area contributed by atoms with E-state index in [0.717, 1.165) is 29.3 Å². The predicted octanol–water partition coefficient (Wildman–Crippen LogP) is 1.39. The second kappa shape index (κ2) is 6.80. The first-order valence-corrected chi connectivity index (χ1v) is 9.92. The molecule has 2 atom stereocenters. The van der Waals surface area contributed by atoms with E-state index >= 15 is 0 Å². The fourth-order valence-electron chi connectivity index (χ4n) is 3.54. The van der Waals surface area contributed by atoms with Crippen LogP contribution in [0.15, 0.2) is 21.6 Å². The van der Waals surface area contributed by atoms with Crippen LogP contribution in [0.3, 0.4) is 0 Å². The number of carbonyl (C=O) groups is 2. The maximum absolute atomic E-state index is 12.8. The maximum Gasteiger partial charge on any atom is 0.371 e. The lowest BCUT2D eigenvalue weighted by Gasteiger charge is -2.26. The molecule has 1 aromatic rings. The summed E-state index contributed by atoms with van der Waals surface area (Å²) in [5.74, 6) is -1.47. The lowest BCUT2D eigenvalue weighted by atomic mass is 10.1. The molecule has 1 N–H and O–H groups in total. The van der Waals surface area contributed by atoms with Gasteiger partial charge < -0.3 is 14.4 Å². The van der Waals surface area contributed by atoms with Gasteiger partial charge in [-0.25, -0.2) is 13.2 Å². The zero-order chi connectivity index (χ0) is 18.2. The van der Waals surface area contributed by atoms with E-state index in [4.69, 9.17) is 9.52 Å². The number of carbonyl (C=O) groups excluding carboxylic acids is 1. The molecule has 25 heavy (non-hydrogen) atoms. The third-order valence-corrected chi connectivity index (χ3v) is 6.80. The van der Waals surface area contributed by atoms with Crippen LogP contribution in [0.1, 0.15) is 43.2 Å². The van der Waals surface area contributed by atoms with Gasteiger partial charge in [0.05, 0.1) is 0 Å². The Labute approximate surface area is 146 Å². The Balaban J connectivity index is 1.80. The molecule has 2 aliphatic rings. The highest BCUT2D eigenvalue weighted by molar-refractivity contribution is 7.89. The fourth-order valence-corrected chi connectivity index (χ4v) is 5.11. The molecule has 0 saturated carbocycles. The van der Waals surface area contributed by atoms with E-state index in [1.807, 2.05) is 0 Å². The van der Waals surface area contributed by atoms with Gasteiger partial charge in [0.2, 0.25) is 16.8 Å². The largest absolute Gasteiger partial charge is 0.475 e. The number of hydrogen-bond acceptors (Lipinski definition) is 5. The van der Waals surface area contributed by atoms with Crippen LogP contribution in [0, 0.1) is 5.92 Å². The number of nitrogens with zero attached hydrogens (tertiary/aromatic N) is 2. The predicted molar refractivity (Wildman–Crippen MR) is 87.6 cm³/mol. The lowest BCUT2D eigenvalue weighted by molar-refractivity contribution is -0.133. The van der Waals surface area contributed by atoms with Crippen molar-refractivity contribution in [3.63, 3.8) is 0 Å². The normalized spacial score (nSPS) is 24.8. The van der Waals surface area contributed by atoms with Crippen LogP contribution >= 0.6 is 0 Å². The third kappa shape index (κ3) is 3.30. The van der Waals surface area contributed by atoms with E-state index in [2.05, 4.69) is 6.92 Å².